The lowest BCUT2D eigenvalue weighted by molar-refractivity contribution is 0.560. The van der Waals surface area contributed by atoms with Crippen molar-refractivity contribution in [3.8, 4) is 0 Å². The van der Waals surface area contributed by atoms with Crippen LogP contribution in [0.4, 0.5) is 0 Å². The predicted octanol–water partition coefficient (Wildman–Crippen LogP) is 1.96. The van der Waals surface area contributed by atoms with E-state index >= 15 is 0 Å². The topological polar surface area (TPSA) is 58.9 Å². The summed E-state index contributed by atoms with van der Waals surface area (Å²) < 4.78 is 0. The molecule has 0 aliphatic carbocycles. The first-order valence-electron chi connectivity index (χ1n) is 4.81. The van der Waals surface area contributed by atoms with Gasteiger partial charge in [-0.1, -0.05) is 35.4 Å². The number of rotatable bonds is 3. The Morgan fingerprint density at radius 3 is 1.69 bits per heavy atom. The van der Waals surface area contributed by atoms with E-state index in [9.17, 15) is 9.59 Å². The summed E-state index contributed by atoms with van der Waals surface area (Å²) in [7, 11) is 0. The van der Waals surface area contributed by atoms with Crippen LogP contribution < -0.4 is 0 Å². The van der Waals surface area contributed by atoms with Crippen molar-refractivity contribution in [1.82, 2.24) is 0 Å². The minimum absolute atomic E-state index is 0.221. The Morgan fingerprint density at radius 2 is 1.44 bits per heavy atom. The molecule has 0 atom stereocenters. The molecule has 0 N–H and O–H groups in total. The second kappa shape index (κ2) is 9.53. The van der Waals surface area contributed by atoms with Crippen LogP contribution in [0.2, 0.25) is 0 Å². The Balaban J connectivity index is 0.000000281. The molecule has 0 aliphatic heterocycles. The molecule has 0 spiro atoms. The van der Waals surface area contributed by atoms with Crippen LogP contribution in [0.15, 0.2) is 34.3 Å². The highest BCUT2D eigenvalue weighted by molar-refractivity contribution is 5.34. The summed E-state index contributed by atoms with van der Waals surface area (Å²) in [6.45, 7) is 4.65. The molecule has 0 aliphatic rings. The van der Waals surface area contributed by atoms with Crippen LogP contribution in [0.25, 0.3) is 0 Å². The van der Waals surface area contributed by atoms with Gasteiger partial charge in [0.2, 0.25) is 12.2 Å². The van der Waals surface area contributed by atoms with Crippen molar-refractivity contribution in [2.24, 2.45) is 9.98 Å². The van der Waals surface area contributed by atoms with Gasteiger partial charge in [0.25, 0.3) is 0 Å². The molecule has 1 aromatic carbocycles. The lowest BCUT2D eigenvalue weighted by Crippen LogP contribution is -1.82. The zero-order valence-electron chi connectivity index (χ0n) is 9.43. The van der Waals surface area contributed by atoms with Gasteiger partial charge in [-0.15, -0.1) is 0 Å². The largest absolute Gasteiger partial charge is 0.235 e. The van der Waals surface area contributed by atoms with Crippen molar-refractivity contribution in [3.05, 3.63) is 35.4 Å². The second-order valence-corrected chi connectivity index (χ2v) is 3.10. The summed E-state index contributed by atoms with van der Waals surface area (Å²) in [6.07, 6.45) is 2.62. The molecule has 0 unspecified atom stereocenters. The van der Waals surface area contributed by atoms with Crippen molar-refractivity contribution in [2.75, 3.05) is 13.1 Å². The Labute approximate surface area is 94.7 Å². The fraction of sp³-hybridized carbons (Fsp3) is 0.333. The van der Waals surface area contributed by atoms with Crippen molar-refractivity contribution < 1.29 is 9.59 Å². The zero-order chi connectivity index (χ0) is 12.2. The number of benzene rings is 1. The Bertz CT molecular complexity index is 368. The van der Waals surface area contributed by atoms with Crippen molar-refractivity contribution in [1.29, 1.82) is 0 Å². The van der Waals surface area contributed by atoms with Gasteiger partial charge >= 0.3 is 0 Å². The van der Waals surface area contributed by atoms with Crippen LogP contribution >= 0.6 is 0 Å². The van der Waals surface area contributed by atoms with E-state index in [4.69, 9.17) is 0 Å². The predicted molar refractivity (Wildman–Crippen MR) is 61.9 cm³/mol. The van der Waals surface area contributed by atoms with Gasteiger partial charge in [-0.05, 0) is 13.8 Å². The van der Waals surface area contributed by atoms with Gasteiger partial charge in [-0.25, -0.2) is 19.6 Å². The number of aryl methyl sites for hydroxylation is 2. The lowest BCUT2D eigenvalue weighted by atomic mass is 10.2. The van der Waals surface area contributed by atoms with Crippen LogP contribution in [-0.2, 0) is 9.59 Å². The monoisotopic (exact) mass is 218 g/mol. The molecule has 4 nitrogen and oxygen atoms in total. The number of aliphatic imine (C=N–C) groups is 2. The van der Waals surface area contributed by atoms with Crippen LogP contribution in [0, 0.1) is 13.8 Å². The zero-order valence-corrected chi connectivity index (χ0v) is 9.43. The van der Waals surface area contributed by atoms with Crippen molar-refractivity contribution >= 4 is 12.2 Å². The van der Waals surface area contributed by atoms with E-state index in [1.807, 2.05) is 0 Å². The molecular formula is C12H14N2O2. The smallest absolute Gasteiger partial charge is 0.211 e. The SMILES string of the molecule is Cc1cccc(C)c1.O=C=NCCN=C=O. The second-order valence-electron chi connectivity index (χ2n) is 3.10. The van der Waals surface area contributed by atoms with E-state index in [1.165, 1.54) is 23.3 Å². The van der Waals surface area contributed by atoms with Crippen LogP contribution in [-0.4, -0.2) is 25.2 Å². The van der Waals surface area contributed by atoms with Crippen molar-refractivity contribution in [2.45, 2.75) is 13.8 Å². The van der Waals surface area contributed by atoms with Gasteiger partial charge in [-0.3, -0.25) is 0 Å². The minimum atomic E-state index is 0.221. The summed E-state index contributed by atoms with van der Waals surface area (Å²) in [5.74, 6) is 0. The van der Waals surface area contributed by atoms with Gasteiger partial charge in [0, 0.05) is 0 Å². The molecular weight excluding hydrogens is 204 g/mol. The maximum absolute atomic E-state index is 9.34. The molecule has 4 heteroatoms. The number of isocyanates is 2. The van der Waals surface area contributed by atoms with Gasteiger partial charge in [0.05, 0.1) is 13.1 Å². The number of carbonyl (C=O) groups excluding carboxylic acids is 2. The Kier molecular flexibility index (Phi) is 8.33. The van der Waals surface area contributed by atoms with Gasteiger partial charge in [0.15, 0.2) is 0 Å². The van der Waals surface area contributed by atoms with Crippen LogP contribution in [0.3, 0.4) is 0 Å². The Morgan fingerprint density at radius 1 is 1.00 bits per heavy atom. The first-order valence-corrected chi connectivity index (χ1v) is 4.81. The van der Waals surface area contributed by atoms with Gasteiger partial charge < -0.3 is 0 Å². The third kappa shape index (κ3) is 8.57. The van der Waals surface area contributed by atoms with Crippen LogP contribution in [0.1, 0.15) is 11.1 Å². The van der Waals surface area contributed by atoms with E-state index in [0.29, 0.717) is 0 Å². The van der Waals surface area contributed by atoms with E-state index in [0.717, 1.165) is 0 Å². The molecule has 1 aromatic rings. The summed E-state index contributed by atoms with van der Waals surface area (Å²) >= 11 is 0. The molecule has 0 aromatic heterocycles. The van der Waals surface area contributed by atoms with E-state index < -0.39 is 0 Å². The average molecular weight is 218 g/mol. The number of hydrogen-bond acceptors (Lipinski definition) is 4. The fourth-order valence-corrected chi connectivity index (χ4v) is 0.998. The summed E-state index contributed by atoms with van der Waals surface area (Å²) in [5.41, 5.74) is 2.68. The first-order chi connectivity index (χ1) is 7.70. The average Bonchev–Trinajstić information content (AvgIpc) is 2.25. The molecule has 16 heavy (non-hydrogen) atoms. The fourth-order valence-electron chi connectivity index (χ4n) is 0.998. The lowest BCUT2D eigenvalue weighted by Gasteiger charge is -1.90. The molecule has 0 fully saturated rings. The van der Waals surface area contributed by atoms with E-state index in [2.05, 4.69) is 48.1 Å². The summed E-state index contributed by atoms with van der Waals surface area (Å²) in [5, 5.41) is 0. The highest BCUT2D eigenvalue weighted by Gasteiger charge is 1.80. The minimum Gasteiger partial charge on any atom is -0.211 e. The summed E-state index contributed by atoms with van der Waals surface area (Å²) in [4.78, 5) is 24.9. The Hall–Kier alpha value is -2.02. The molecule has 0 bridgehead atoms. The molecule has 0 heterocycles. The van der Waals surface area contributed by atoms with Crippen molar-refractivity contribution in [3.63, 3.8) is 0 Å². The summed E-state index contributed by atoms with van der Waals surface area (Å²) in [6, 6.07) is 8.45. The number of hydrogen-bond donors (Lipinski definition) is 0. The third-order valence-electron chi connectivity index (χ3n) is 1.63. The third-order valence-corrected chi connectivity index (χ3v) is 1.63. The standard InChI is InChI=1S/C8H10.C4H4N2O2/c1-7-4-3-5-8(2)6-7;7-3-5-1-2-6-4-8/h3-6H,1-2H3;1-2H2. The number of nitrogens with zero attached hydrogens (tertiary/aromatic N) is 2. The normalized spacial score (nSPS) is 7.88. The maximum Gasteiger partial charge on any atom is 0.235 e. The molecule has 0 saturated carbocycles. The molecule has 84 valence electrons. The molecule has 0 amide bonds. The van der Waals surface area contributed by atoms with Gasteiger partial charge in [-0.2, -0.15) is 0 Å². The first kappa shape index (κ1) is 14.0. The van der Waals surface area contributed by atoms with Gasteiger partial charge in [0.1, 0.15) is 0 Å². The molecule has 1 rings (SSSR count). The van der Waals surface area contributed by atoms with E-state index in [1.54, 1.807) is 0 Å². The van der Waals surface area contributed by atoms with E-state index in [-0.39, 0.29) is 13.1 Å². The maximum atomic E-state index is 9.34. The van der Waals surface area contributed by atoms with Crippen LogP contribution in [0.5, 0.6) is 0 Å². The molecule has 0 radical (unpaired) electrons. The molecule has 0 saturated heterocycles. The highest BCUT2D eigenvalue weighted by Crippen LogP contribution is 2.00. The highest BCUT2D eigenvalue weighted by atomic mass is 16.1. The quantitative estimate of drug-likeness (QED) is 0.442.